The van der Waals surface area contributed by atoms with Gasteiger partial charge in [0.15, 0.2) is 11.5 Å². The zero-order valence-corrected chi connectivity index (χ0v) is 17.0. The lowest BCUT2D eigenvalue weighted by molar-refractivity contribution is -0.119. The summed E-state index contributed by atoms with van der Waals surface area (Å²) in [6.45, 7) is 7.43. The number of amides is 2. The molecule has 1 N–H and O–H groups in total. The Morgan fingerprint density at radius 3 is 2.25 bits per heavy atom. The molecule has 0 aliphatic heterocycles. The second-order valence-electron chi connectivity index (χ2n) is 6.34. The second kappa shape index (κ2) is 10.3. The maximum atomic E-state index is 12.9. The summed E-state index contributed by atoms with van der Waals surface area (Å²) in [6.07, 6.45) is 0. The number of nitrogens with zero attached hydrogens (tertiary/aromatic N) is 1. The van der Waals surface area contributed by atoms with E-state index >= 15 is 0 Å². The van der Waals surface area contributed by atoms with Crippen molar-refractivity contribution < 1.29 is 19.1 Å². The molecule has 2 aromatic rings. The number of carbonyl (C=O) groups excluding carboxylic acids is 2. The molecule has 0 atom stereocenters. The fourth-order valence-electron chi connectivity index (χ4n) is 2.81. The van der Waals surface area contributed by atoms with Crippen LogP contribution in [0.2, 0.25) is 0 Å². The lowest BCUT2D eigenvalue weighted by Crippen LogP contribution is -2.30. The fourth-order valence-corrected chi connectivity index (χ4v) is 2.81. The molecule has 0 heterocycles. The highest BCUT2D eigenvalue weighted by molar-refractivity contribution is 5.94. The van der Waals surface area contributed by atoms with Gasteiger partial charge in [0.1, 0.15) is 0 Å². The van der Waals surface area contributed by atoms with E-state index in [0.717, 1.165) is 11.1 Å². The van der Waals surface area contributed by atoms with E-state index in [2.05, 4.69) is 5.32 Å². The quantitative estimate of drug-likeness (QED) is 0.720. The third kappa shape index (κ3) is 5.74. The van der Waals surface area contributed by atoms with Crippen LogP contribution in [0, 0.1) is 0 Å². The standard InChI is InChI=1S/C22H28N2O4/c1-5-24(15-18-9-12-20(28-6-2)21(13-18)27-4)22(26)19-10-7-17(8-11-19)14-23-16(3)25/h7-13H,5-6,14-15H2,1-4H3,(H,23,25). The van der Waals surface area contributed by atoms with Crippen LogP contribution in [0.1, 0.15) is 42.3 Å². The minimum Gasteiger partial charge on any atom is -0.493 e. The van der Waals surface area contributed by atoms with Crippen LogP contribution < -0.4 is 14.8 Å². The summed E-state index contributed by atoms with van der Waals surface area (Å²) in [7, 11) is 1.60. The number of nitrogens with one attached hydrogen (secondary N) is 1. The number of carbonyl (C=O) groups is 2. The van der Waals surface area contributed by atoms with E-state index < -0.39 is 0 Å². The Hall–Kier alpha value is -3.02. The Bertz CT molecular complexity index is 803. The lowest BCUT2D eigenvalue weighted by Gasteiger charge is -2.22. The summed E-state index contributed by atoms with van der Waals surface area (Å²) in [6, 6.07) is 13.0. The number of benzene rings is 2. The first-order valence-electron chi connectivity index (χ1n) is 9.40. The monoisotopic (exact) mass is 384 g/mol. The van der Waals surface area contributed by atoms with Crippen LogP contribution in [0.15, 0.2) is 42.5 Å². The van der Waals surface area contributed by atoms with Crippen LogP contribution in [0.5, 0.6) is 11.5 Å². The summed E-state index contributed by atoms with van der Waals surface area (Å²) in [5.74, 6) is 1.23. The van der Waals surface area contributed by atoms with Gasteiger partial charge < -0.3 is 19.7 Å². The molecular formula is C22H28N2O4. The molecule has 0 saturated heterocycles. The predicted octanol–water partition coefficient (Wildman–Crippen LogP) is 3.39. The second-order valence-corrected chi connectivity index (χ2v) is 6.34. The molecule has 6 nitrogen and oxygen atoms in total. The van der Waals surface area contributed by atoms with E-state index in [9.17, 15) is 9.59 Å². The van der Waals surface area contributed by atoms with E-state index in [1.165, 1.54) is 6.92 Å². The molecule has 0 aliphatic rings. The Morgan fingerprint density at radius 1 is 1.00 bits per heavy atom. The Balaban J connectivity index is 2.10. The Labute approximate surface area is 166 Å². The average Bonchev–Trinajstić information content (AvgIpc) is 2.71. The maximum Gasteiger partial charge on any atom is 0.254 e. The van der Waals surface area contributed by atoms with Crippen LogP contribution in [-0.2, 0) is 17.9 Å². The molecule has 0 unspecified atom stereocenters. The predicted molar refractivity (Wildman–Crippen MR) is 109 cm³/mol. The van der Waals surface area contributed by atoms with Crippen LogP contribution in [0.4, 0.5) is 0 Å². The van der Waals surface area contributed by atoms with E-state index in [1.54, 1.807) is 24.1 Å². The Kier molecular flexibility index (Phi) is 7.87. The smallest absolute Gasteiger partial charge is 0.254 e. The van der Waals surface area contributed by atoms with Gasteiger partial charge in [-0.3, -0.25) is 9.59 Å². The van der Waals surface area contributed by atoms with Gasteiger partial charge in [-0.05, 0) is 49.2 Å². The number of hydrogen-bond acceptors (Lipinski definition) is 4. The number of methoxy groups -OCH3 is 1. The van der Waals surface area contributed by atoms with Gasteiger partial charge in [0.2, 0.25) is 5.91 Å². The largest absolute Gasteiger partial charge is 0.493 e. The van der Waals surface area contributed by atoms with Gasteiger partial charge in [-0.25, -0.2) is 0 Å². The first-order chi connectivity index (χ1) is 13.5. The zero-order valence-electron chi connectivity index (χ0n) is 17.0. The summed E-state index contributed by atoms with van der Waals surface area (Å²) >= 11 is 0. The average molecular weight is 384 g/mol. The van der Waals surface area contributed by atoms with Gasteiger partial charge in [0.05, 0.1) is 13.7 Å². The van der Waals surface area contributed by atoms with Crippen LogP contribution in [-0.4, -0.2) is 37.0 Å². The minimum absolute atomic E-state index is 0.0403. The van der Waals surface area contributed by atoms with Crippen molar-refractivity contribution in [3.8, 4) is 11.5 Å². The molecule has 6 heteroatoms. The van der Waals surface area contributed by atoms with Gasteiger partial charge in [-0.1, -0.05) is 18.2 Å². The molecule has 28 heavy (non-hydrogen) atoms. The molecule has 150 valence electrons. The SMILES string of the molecule is CCOc1ccc(CN(CC)C(=O)c2ccc(CNC(C)=O)cc2)cc1OC. The van der Waals surface area contributed by atoms with Gasteiger partial charge >= 0.3 is 0 Å². The highest BCUT2D eigenvalue weighted by Crippen LogP contribution is 2.28. The topological polar surface area (TPSA) is 67.9 Å². The number of hydrogen-bond donors (Lipinski definition) is 1. The van der Waals surface area contributed by atoms with Crippen LogP contribution >= 0.6 is 0 Å². The van der Waals surface area contributed by atoms with Gasteiger partial charge in [0.25, 0.3) is 5.91 Å². The van der Waals surface area contributed by atoms with Crippen molar-refractivity contribution in [2.24, 2.45) is 0 Å². The van der Waals surface area contributed by atoms with E-state index in [0.29, 0.717) is 43.3 Å². The summed E-state index contributed by atoms with van der Waals surface area (Å²) in [5.41, 5.74) is 2.54. The van der Waals surface area contributed by atoms with Gasteiger partial charge in [-0.15, -0.1) is 0 Å². The van der Waals surface area contributed by atoms with E-state index in [-0.39, 0.29) is 11.8 Å². The lowest BCUT2D eigenvalue weighted by atomic mass is 10.1. The third-order valence-corrected chi connectivity index (χ3v) is 4.31. The number of ether oxygens (including phenoxy) is 2. The van der Waals surface area contributed by atoms with Crippen molar-refractivity contribution in [2.75, 3.05) is 20.3 Å². The van der Waals surface area contributed by atoms with Crippen LogP contribution in [0.3, 0.4) is 0 Å². The van der Waals surface area contributed by atoms with Gasteiger partial charge in [-0.2, -0.15) is 0 Å². The first kappa shape index (κ1) is 21.3. The van der Waals surface area contributed by atoms with Crippen molar-refractivity contribution in [3.05, 3.63) is 59.2 Å². The minimum atomic E-state index is -0.0805. The first-order valence-corrected chi connectivity index (χ1v) is 9.40. The summed E-state index contributed by atoms with van der Waals surface area (Å²) in [5, 5.41) is 2.75. The number of rotatable bonds is 9. The van der Waals surface area contributed by atoms with Crippen molar-refractivity contribution in [1.82, 2.24) is 10.2 Å². The highest BCUT2D eigenvalue weighted by atomic mass is 16.5. The van der Waals surface area contributed by atoms with Crippen molar-refractivity contribution in [2.45, 2.75) is 33.9 Å². The molecular weight excluding hydrogens is 356 g/mol. The summed E-state index contributed by atoms with van der Waals surface area (Å²) in [4.78, 5) is 25.7. The Morgan fingerprint density at radius 2 is 1.68 bits per heavy atom. The normalized spacial score (nSPS) is 10.3. The zero-order chi connectivity index (χ0) is 20.5. The van der Waals surface area contributed by atoms with E-state index in [4.69, 9.17) is 9.47 Å². The van der Waals surface area contributed by atoms with E-state index in [1.807, 2.05) is 44.2 Å². The van der Waals surface area contributed by atoms with Gasteiger partial charge in [0, 0.05) is 32.1 Å². The van der Waals surface area contributed by atoms with Crippen molar-refractivity contribution in [3.63, 3.8) is 0 Å². The molecule has 2 aromatic carbocycles. The molecule has 0 fully saturated rings. The van der Waals surface area contributed by atoms with Crippen molar-refractivity contribution >= 4 is 11.8 Å². The molecule has 2 rings (SSSR count). The molecule has 0 spiro atoms. The molecule has 0 bridgehead atoms. The molecule has 0 aromatic heterocycles. The molecule has 2 amide bonds. The fraction of sp³-hybridized carbons (Fsp3) is 0.364. The maximum absolute atomic E-state index is 12.9. The molecule has 0 saturated carbocycles. The van der Waals surface area contributed by atoms with Crippen molar-refractivity contribution in [1.29, 1.82) is 0 Å². The highest BCUT2D eigenvalue weighted by Gasteiger charge is 2.16. The molecule has 0 aliphatic carbocycles. The molecule has 0 radical (unpaired) electrons. The summed E-state index contributed by atoms with van der Waals surface area (Å²) < 4.78 is 10.9. The van der Waals surface area contributed by atoms with Crippen LogP contribution in [0.25, 0.3) is 0 Å². The third-order valence-electron chi connectivity index (χ3n) is 4.31.